The maximum atomic E-state index is 11.7. The lowest BCUT2D eigenvalue weighted by atomic mass is 10.3. The van der Waals surface area contributed by atoms with E-state index in [-0.39, 0.29) is 17.3 Å². The van der Waals surface area contributed by atoms with E-state index in [1.165, 1.54) is 0 Å². The van der Waals surface area contributed by atoms with Crippen LogP contribution in [0.4, 0.5) is 0 Å². The van der Waals surface area contributed by atoms with Crippen LogP contribution in [-0.4, -0.2) is 28.1 Å². The van der Waals surface area contributed by atoms with Gasteiger partial charge in [0.1, 0.15) is 0 Å². The van der Waals surface area contributed by atoms with Gasteiger partial charge in [-0.05, 0) is 6.07 Å². The number of aliphatic hydroxyl groups is 1. The Hall–Kier alpha value is -0.960. The van der Waals surface area contributed by atoms with Crippen LogP contribution in [-0.2, 0) is 11.3 Å². The standard InChI is InChI=1S/C15H21NO2S2/c1-15(2,3)20-11-14(18)16-9-13-8-12(10-19-13)6-4-5-7-17/h8,10,17H,5,7,9,11H2,1-3H3,(H,16,18). The summed E-state index contributed by atoms with van der Waals surface area (Å²) in [5.41, 5.74) is 0.941. The fourth-order valence-corrected chi connectivity index (χ4v) is 2.70. The number of nitrogens with one attached hydrogen (secondary N) is 1. The van der Waals surface area contributed by atoms with Gasteiger partial charge in [0.15, 0.2) is 0 Å². The van der Waals surface area contributed by atoms with Gasteiger partial charge in [-0.2, -0.15) is 0 Å². The second-order valence-electron chi connectivity index (χ2n) is 5.25. The normalized spacial score (nSPS) is 10.8. The third kappa shape index (κ3) is 7.59. The molecule has 1 amide bonds. The van der Waals surface area contributed by atoms with E-state index in [1.54, 1.807) is 23.1 Å². The molecule has 0 aromatic carbocycles. The maximum absolute atomic E-state index is 11.7. The average Bonchev–Trinajstić information content (AvgIpc) is 2.81. The molecule has 0 radical (unpaired) electrons. The summed E-state index contributed by atoms with van der Waals surface area (Å²) in [5, 5.41) is 13.5. The summed E-state index contributed by atoms with van der Waals surface area (Å²) in [6.45, 7) is 6.94. The first-order valence-electron chi connectivity index (χ1n) is 6.48. The second kappa shape index (κ2) is 8.35. The molecule has 0 aliphatic heterocycles. The van der Waals surface area contributed by atoms with Crippen molar-refractivity contribution in [2.24, 2.45) is 0 Å². The molecule has 0 saturated carbocycles. The predicted molar refractivity (Wildman–Crippen MR) is 87.0 cm³/mol. The molecule has 3 nitrogen and oxygen atoms in total. The lowest BCUT2D eigenvalue weighted by Crippen LogP contribution is -2.26. The zero-order valence-corrected chi connectivity index (χ0v) is 13.8. The summed E-state index contributed by atoms with van der Waals surface area (Å²) in [5.74, 6) is 6.41. The Kier molecular flexibility index (Phi) is 7.14. The van der Waals surface area contributed by atoms with Crippen molar-refractivity contribution in [2.75, 3.05) is 12.4 Å². The van der Waals surface area contributed by atoms with Gasteiger partial charge in [0.2, 0.25) is 5.91 Å². The van der Waals surface area contributed by atoms with Crippen LogP contribution >= 0.6 is 23.1 Å². The second-order valence-corrected chi connectivity index (χ2v) is 8.05. The Morgan fingerprint density at radius 1 is 1.50 bits per heavy atom. The molecular weight excluding hydrogens is 290 g/mol. The molecule has 1 aromatic rings. The molecule has 0 atom stereocenters. The van der Waals surface area contributed by atoms with Gasteiger partial charge in [0, 0.05) is 27.0 Å². The summed E-state index contributed by atoms with van der Waals surface area (Å²) in [6.07, 6.45) is 0.492. The topological polar surface area (TPSA) is 49.3 Å². The van der Waals surface area contributed by atoms with Gasteiger partial charge in [0.05, 0.1) is 18.9 Å². The van der Waals surface area contributed by atoms with Crippen LogP contribution in [0.2, 0.25) is 0 Å². The van der Waals surface area contributed by atoms with E-state index in [4.69, 9.17) is 5.11 Å². The van der Waals surface area contributed by atoms with Crippen LogP contribution in [0.15, 0.2) is 11.4 Å². The van der Waals surface area contributed by atoms with Crippen molar-refractivity contribution < 1.29 is 9.90 Å². The lowest BCUT2D eigenvalue weighted by Gasteiger charge is -2.16. The first kappa shape index (κ1) is 17.1. The quantitative estimate of drug-likeness (QED) is 0.822. The molecular formula is C15H21NO2S2. The Morgan fingerprint density at radius 2 is 2.25 bits per heavy atom. The highest BCUT2D eigenvalue weighted by Crippen LogP contribution is 2.22. The van der Waals surface area contributed by atoms with E-state index < -0.39 is 0 Å². The van der Waals surface area contributed by atoms with Crippen LogP contribution < -0.4 is 5.32 Å². The number of thioether (sulfide) groups is 1. The summed E-state index contributed by atoms with van der Waals surface area (Å²) < 4.78 is 0.107. The average molecular weight is 311 g/mol. The van der Waals surface area contributed by atoms with Crippen molar-refractivity contribution >= 4 is 29.0 Å². The van der Waals surface area contributed by atoms with Crippen molar-refractivity contribution in [3.8, 4) is 11.8 Å². The van der Waals surface area contributed by atoms with Gasteiger partial charge in [-0.25, -0.2) is 0 Å². The maximum Gasteiger partial charge on any atom is 0.230 e. The summed E-state index contributed by atoms with van der Waals surface area (Å²) in [4.78, 5) is 12.8. The van der Waals surface area contributed by atoms with Crippen molar-refractivity contribution in [3.05, 3.63) is 21.9 Å². The third-order valence-electron chi connectivity index (χ3n) is 2.22. The molecule has 0 spiro atoms. The Balaban J connectivity index is 2.35. The van der Waals surface area contributed by atoms with Gasteiger partial charge < -0.3 is 10.4 Å². The Bertz CT molecular complexity index is 492. The molecule has 0 saturated heterocycles. The fraction of sp³-hybridized carbons (Fsp3) is 0.533. The number of hydrogen-bond donors (Lipinski definition) is 2. The van der Waals surface area contributed by atoms with Crippen molar-refractivity contribution in [1.29, 1.82) is 0 Å². The van der Waals surface area contributed by atoms with Gasteiger partial charge in [-0.1, -0.05) is 32.6 Å². The zero-order chi connectivity index (χ0) is 15.0. The monoisotopic (exact) mass is 311 g/mol. The van der Waals surface area contributed by atoms with Crippen LogP contribution in [0.25, 0.3) is 0 Å². The zero-order valence-electron chi connectivity index (χ0n) is 12.2. The molecule has 0 bridgehead atoms. The van der Waals surface area contributed by atoms with E-state index >= 15 is 0 Å². The van der Waals surface area contributed by atoms with Gasteiger partial charge >= 0.3 is 0 Å². The minimum Gasteiger partial charge on any atom is -0.395 e. The number of rotatable bonds is 5. The molecule has 0 aliphatic rings. The SMILES string of the molecule is CC(C)(C)SCC(=O)NCc1cc(C#CCCO)cs1. The van der Waals surface area contributed by atoms with Crippen LogP contribution in [0.1, 0.15) is 37.6 Å². The van der Waals surface area contributed by atoms with Crippen LogP contribution in [0.3, 0.4) is 0 Å². The minimum atomic E-state index is 0.0613. The van der Waals surface area contributed by atoms with Crippen molar-refractivity contribution in [2.45, 2.75) is 38.5 Å². The molecule has 0 fully saturated rings. The van der Waals surface area contributed by atoms with E-state index in [0.717, 1.165) is 10.4 Å². The molecule has 1 rings (SSSR count). The number of aliphatic hydroxyl groups excluding tert-OH is 1. The molecule has 0 aliphatic carbocycles. The summed E-state index contributed by atoms with van der Waals surface area (Å²) >= 11 is 3.23. The van der Waals surface area contributed by atoms with E-state index in [1.807, 2.05) is 11.4 Å². The lowest BCUT2D eigenvalue weighted by molar-refractivity contribution is -0.118. The van der Waals surface area contributed by atoms with Crippen LogP contribution in [0, 0.1) is 11.8 Å². The number of thiophene rings is 1. The largest absolute Gasteiger partial charge is 0.395 e. The van der Waals surface area contributed by atoms with Gasteiger partial charge in [-0.3, -0.25) is 4.79 Å². The highest BCUT2D eigenvalue weighted by atomic mass is 32.2. The summed E-state index contributed by atoms with van der Waals surface area (Å²) in [6, 6.07) is 1.98. The minimum absolute atomic E-state index is 0.0613. The Labute approximate surface area is 129 Å². The molecule has 110 valence electrons. The molecule has 2 N–H and O–H groups in total. The summed E-state index contributed by atoms with van der Waals surface area (Å²) in [7, 11) is 0. The number of hydrogen-bond acceptors (Lipinski definition) is 4. The van der Waals surface area contributed by atoms with E-state index in [9.17, 15) is 4.79 Å². The molecule has 1 aromatic heterocycles. The third-order valence-corrected chi connectivity index (χ3v) is 4.43. The number of amides is 1. The molecule has 5 heteroatoms. The molecule has 1 heterocycles. The van der Waals surface area contributed by atoms with Gasteiger partial charge in [-0.15, -0.1) is 23.1 Å². The highest BCUT2D eigenvalue weighted by Gasteiger charge is 2.13. The van der Waals surface area contributed by atoms with E-state index in [0.29, 0.717) is 18.7 Å². The van der Waals surface area contributed by atoms with Crippen molar-refractivity contribution in [1.82, 2.24) is 5.32 Å². The number of carbonyl (C=O) groups is 1. The first-order valence-corrected chi connectivity index (χ1v) is 8.35. The first-order chi connectivity index (χ1) is 9.40. The molecule has 20 heavy (non-hydrogen) atoms. The molecule has 0 unspecified atom stereocenters. The smallest absolute Gasteiger partial charge is 0.230 e. The Morgan fingerprint density at radius 3 is 2.90 bits per heavy atom. The van der Waals surface area contributed by atoms with E-state index in [2.05, 4.69) is 37.9 Å². The van der Waals surface area contributed by atoms with Crippen LogP contribution in [0.5, 0.6) is 0 Å². The fourth-order valence-electron chi connectivity index (χ4n) is 1.28. The van der Waals surface area contributed by atoms with Crippen molar-refractivity contribution in [3.63, 3.8) is 0 Å². The van der Waals surface area contributed by atoms with Gasteiger partial charge in [0.25, 0.3) is 0 Å². The highest BCUT2D eigenvalue weighted by molar-refractivity contribution is 8.01. The predicted octanol–water partition coefficient (Wildman–Crippen LogP) is 2.63. The number of carbonyl (C=O) groups excluding carboxylic acids is 1.